The minimum absolute atomic E-state index is 0. The summed E-state index contributed by atoms with van der Waals surface area (Å²) in [6.07, 6.45) is 0. The summed E-state index contributed by atoms with van der Waals surface area (Å²) in [5.74, 6) is 0. The summed E-state index contributed by atoms with van der Waals surface area (Å²) in [6, 6.07) is 0. The Morgan fingerprint density at radius 2 is 1.43 bits per heavy atom. The molecule has 0 saturated carbocycles. The molecule has 0 heterocycles. The van der Waals surface area contributed by atoms with E-state index in [0.29, 0.717) is 0 Å². The zero-order valence-electron chi connectivity index (χ0n) is 2.74. The van der Waals surface area contributed by atoms with Gasteiger partial charge >= 0.3 is 17.1 Å². The first-order chi connectivity index (χ1) is 2.00. The Morgan fingerprint density at radius 1 is 1.43 bits per heavy atom. The number of hydrogen-bond donors (Lipinski definition) is 0. The van der Waals surface area contributed by atoms with E-state index in [9.17, 15) is 3.89 Å². The van der Waals surface area contributed by atoms with Crippen LogP contribution in [0.1, 0.15) is 0 Å². The standard InChI is InChI=1S/FHO3S.FH.Fe/c1-5(2,3)4;;/h(H,2,3,4);1H;/q;;+2/p-2. The van der Waals surface area contributed by atoms with Gasteiger partial charge in [0.25, 0.3) is 10.5 Å². The van der Waals surface area contributed by atoms with E-state index in [1.807, 2.05) is 0 Å². The van der Waals surface area contributed by atoms with Crippen molar-refractivity contribution in [2.45, 2.75) is 0 Å². The van der Waals surface area contributed by atoms with Gasteiger partial charge in [-0.2, -0.15) is 0 Å². The van der Waals surface area contributed by atoms with Crippen LogP contribution in [0.3, 0.4) is 0 Å². The topological polar surface area (TPSA) is 57.2 Å². The van der Waals surface area contributed by atoms with Crippen LogP contribution in [-0.2, 0) is 27.6 Å². The van der Waals surface area contributed by atoms with Gasteiger partial charge in [0.1, 0.15) is 0 Å². The Hall–Kier alpha value is 0.289. The van der Waals surface area contributed by atoms with Gasteiger partial charge in [0, 0.05) is 0 Å². The van der Waals surface area contributed by atoms with Crippen molar-refractivity contribution in [2.24, 2.45) is 0 Å². The predicted molar refractivity (Wildman–Crippen MR) is 10.8 cm³/mol. The largest absolute Gasteiger partial charge is 2.00 e. The van der Waals surface area contributed by atoms with E-state index in [-0.39, 0.29) is 21.8 Å². The summed E-state index contributed by atoms with van der Waals surface area (Å²) in [5, 5.41) is 0. The molecule has 0 rings (SSSR count). The molecule has 3 nitrogen and oxygen atoms in total. The van der Waals surface area contributed by atoms with Gasteiger partial charge in [-0.3, -0.25) is 0 Å². The molecule has 0 aromatic heterocycles. The average Bonchev–Trinajstić information content (AvgIpc) is 0.722. The van der Waals surface area contributed by atoms with Gasteiger partial charge in [0.15, 0.2) is 0 Å². The quantitative estimate of drug-likeness (QED) is 0.216. The Balaban J connectivity index is -0.0000000800. The average molecular weight is 174 g/mol. The maximum atomic E-state index is 10.1. The second-order valence-electron chi connectivity index (χ2n) is 0.393. The molecule has 0 aliphatic heterocycles. The summed E-state index contributed by atoms with van der Waals surface area (Å²) in [5.41, 5.74) is 0. The molecular formula is F2FeO3S. The van der Waals surface area contributed by atoms with Crippen LogP contribution >= 0.6 is 0 Å². The molecule has 46 valence electrons. The third kappa shape index (κ3) is 1380. The van der Waals surface area contributed by atoms with E-state index in [4.69, 9.17) is 13.0 Å². The molecule has 0 aromatic rings. The van der Waals surface area contributed by atoms with Crippen molar-refractivity contribution >= 4 is 10.5 Å². The van der Waals surface area contributed by atoms with Crippen LogP contribution in [0.2, 0.25) is 0 Å². The molecule has 0 aliphatic carbocycles. The van der Waals surface area contributed by atoms with Crippen molar-refractivity contribution in [3.8, 4) is 0 Å². The summed E-state index contributed by atoms with van der Waals surface area (Å²) in [6.45, 7) is 0. The Bertz CT molecular complexity index is 96.1. The summed E-state index contributed by atoms with van der Waals surface area (Å²) in [4.78, 5) is 0. The van der Waals surface area contributed by atoms with Crippen molar-refractivity contribution < 1.29 is 38.6 Å². The molecule has 7 heavy (non-hydrogen) atoms. The Morgan fingerprint density at radius 3 is 1.43 bits per heavy atom. The molecule has 0 amide bonds. The Labute approximate surface area is 49.8 Å². The molecule has 0 N–H and O–H groups in total. The molecule has 0 radical (unpaired) electrons. The molecule has 0 unspecified atom stereocenters. The van der Waals surface area contributed by atoms with E-state index >= 15 is 0 Å². The number of hydrogen-bond acceptors (Lipinski definition) is 3. The molecule has 0 aromatic carbocycles. The fourth-order valence-corrected chi connectivity index (χ4v) is 0. The minimum Gasteiger partial charge on any atom is -1.00 e. The molecule has 0 fully saturated rings. The monoisotopic (exact) mass is 174 g/mol. The first-order valence-corrected chi connectivity index (χ1v) is 1.96. The van der Waals surface area contributed by atoms with E-state index < -0.39 is 10.5 Å². The van der Waals surface area contributed by atoms with Gasteiger partial charge in [-0.25, -0.2) is 8.42 Å². The SMILES string of the molecule is O=S(=O)([O-])F.[F-].[Fe+2]. The van der Waals surface area contributed by atoms with Crippen molar-refractivity contribution in [1.29, 1.82) is 0 Å². The van der Waals surface area contributed by atoms with Gasteiger partial charge in [0.2, 0.25) is 0 Å². The third-order valence-electron chi connectivity index (χ3n) is 0. The van der Waals surface area contributed by atoms with Crippen LogP contribution < -0.4 is 4.70 Å². The third-order valence-corrected chi connectivity index (χ3v) is 0. The molecular weight excluding hydrogens is 174 g/mol. The van der Waals surface area contributed by atoms with Gasteiger partial charge in [-0.05, 0) is 0 Å². The summed E-state index contributed by atoms with van der Waals surface area (Å²) in [7, 11) is -5.42. The maximum Gasteiger partial charge on any atom is 2.00 e. The van der Waals surface area contributed by atoms with Gasteiger partial charge in [-0.15, -0.1) is 3.89 Å². The van der Waals surface area contributed by atoms with Crippen molar-refractivity contribution in [1.82, 2.24) is 0 Å². The van der Waals surface area contributed by atoms with Crippen molar-refractivity contribution in [3.05, 3.63) is 0 Å². The second-order valence-corrected chi connectivity index (χ2v) is 1.18. The summed E-state index contributed by atoms with van der Waals surface area (Å²) >= 11 is 0. The normalized spacial score (nSPS) is 8.29. The van der Waals surface area contributed by atoms with Gasteiger partial charge < -0.3 is 9.26 Å². The minimum atomic E-state index is -5.42. The first kappa shape index (κ1) is 15.7. The van der Waals surface area contributed by atoms with Crippen LogP contribution in [-0.4, -0.2) is 13.0 Å². The van der Waals surface area contributed by atoms with E-state index in [1.54, 1.807) is 0 Å². The molecule has 0 bridgehead atoms. The molecule has 0 aliphatic rings. The number of halogens is 2. The van der Waals surface area contributed by atoms with Crippen molar-refractivity contribution in [3.63, 3.8) is 0 Å². The van der Waals surface area contributed by atoms with Crippen molar-refractivity contribution in [2.75, 3.05) is 0 Å². The molecule has 0 spiro atoms. The molecule has 0 saturated heterocycles. The fraction of sp³-hybridized carbons (Fsp3) is 0. The molecule has 7 heteroatoms. The Kier molecular flexibility index (Phi) is 9.96. The first-order valence-electron chi connectivity index (χ1n) is 0.654. The van der Waals surface area contributed by atoms with Crippen LogP contribution in [0.4, 0.5) is 3.89 Å². The van der Waals surface area contributed by atoms with E-state index in [1.165, 1.54) is 0 Å². The molecule has 0 atom stereocenters. The van der Waals surface area contributed by atoms with E-state index in [2.05, 4.69) is 0 Å². The zero-order chi connectivity index (χ0) is 4.50. The smallest absolute Gasteiger partial charge is 1.00 e. The van der Waals surface area contributed by atoms with Crippen LogP contribution in [0.25, 0.3) is 0 Å². The summed E-state index contributed by atoms with van der Waals surface area (Å²) < 4.78 is 35.3. The zero-order valence-corrected chi connectivity index (χ0v) is 4.66. The maximum absolute atomic E-state index is 10.1. The van der Waals surface area contributed by atoms with Crippen LogP contribution in [0.5, 0.6) is 0 Å². The van der Waals surface area contributed by atoms with Gasteiger partial charge in [-0.1, -0.05) is 0 Å². The van der Waals surface area contributed by atoms with E-state index in [0.717, 1.165) is 0 Å². The number of rotatable bonds is 0. The second kappa shape index (κ2) is 4.45. The fourth-order valence-electron chi connectivity index (χ4n) is 0. The van der Waals surface area contributed by atoms with Crippen LogP contribution in [0, 0.1) is 0 Å². The van der Waals surface area contributed by atoms with Gasteiger partial charge in [0.05, 0.1) is 0 Å². The van der Waals surface area contributed by atoms with Crippen LogP contribution in [0.15, 0.2) is 0 Å². The predicted octanol–water partition coefficient (Wildman–Crippen LogP) is -3.58.